The Morgan fingerprint density at radius 2 is 2.11 bits per heavy atom. The molecule has 0 spiro atoms. The first kappa shape index (κ1) is 18.4. The molecule has 2 aliphatic rings. The van der Waals surface area contributed by atoms with E-state index in [1.54, 1.807) is 6.26 Å². The number of piperidine rings is 1. The van der Waals surface area contributed by atoms with Gasteiger partial charge < -0.3 is 14.6 Å². The first-order valence-corrected chi connectivity index (χ1v) is 10.8. The molecule has 2 aromatic heterocycles. The quantitative estimate of drug-likeness (QED) is 0.732. The number of rotatable bonds is 7. The first-order chi connectivity index (χ1) is 13.1. The Bertz CT molecular complexity index is 763. The van der Waals surface area contributed by atoms with E-state index in [-0.39, 0.29) is 11.9 Å². The molecule has 0 radical (unpaired) electrons. The molecule has 146 valence electrons. The van der Waals surface area contributed by atoms with Gasteiger partial charge in [-0.2, -0.15) is 0 Å². The summed E-state index contributed by atoms with van der Waals surface area (Å²) in [6.07, 6.45) is 6.36. The monoisotopic (exact) mass is 389 g/mol. The number of carbonyl (C=O) groups is 1. The lowest BCUT2D eigenvalue weighted by atomic mass is 10.00. The van der Waals surface area contributed by atoms with Crippen LogP contribution in [0, 0.1) is 5.92 Å². The molecule has 8 heteroatoms. The van der Waals surface area contributed by atoms with Gasteiger partial charge in [0.05, 0.1) is 18.1 Å². The van der Waals surface area contributed by atoms with Gasteiger partial charge in [-0.1, -0.05) is 18.7 Å². The van der Waals surface area contributed by atoms with E-state index in [2.05, 4.69) is 31.9 Å². The molecule has 1 N–H and O–H groups in total. The number of hydrogen-bond acceptors (Lipinski definition) is 6. The van der Waals surface area contributed by atoms with E-state index in [4.69, 9.17) is 4.42 Å². The molecule has 3 heterocycles. The van der Waals surface area contributed by atoms with Gasteiger partial charge in [0.15, 0.2) is 5.16 Å². The highest BCUT2D eigenvalue weighted by Crippen LogP contribution is 2.41. The Morgan fingerprint density at radius 3 is 2.78 bits per heavy atom. The van der Waals surface area contributed by atoms with Crippen molar-refractivity contribution in [3.8, 4) is 0 Å². The second-order valence-electron chi connectivity index (χ2n) is 7.65. The summed E-state index contributed by atoms with van der Waals surface area (Å²) in [6, 6.07) is 4.05. The second-order valence-corrected chi connectivity index (χ2v) is 8.59. The van der Waals surface area contributed by atoms with Crippen LogP contribution in [-0.2, 0) is 4.79 Å². The number of aromatic nitrogens is 3. The summed E-state index contributed by atoms with van der Waals surface area (Å²) in [7, 11) is 0. The van der Waals surface area contributed by atoms with E-state index in [1.165, 1.54) is 37.4 Å². The van der Waals surface area contributed by atoms with Crippen molar-refractivity contribution >= 4 is 23.6 Å². The van der Waals surface area contributed by atoms with Gasteiger partial charge in [-0.05, 0) is 50.7 Å². The highest BCUT2D eigenvalue weighted by Gasteiger charge is 2.32. The van der Waals surface area contributed by atoms with Gasteiger partial charge in [-0.25, -0.2) is 0 Å². The van der Waals surface area contributed by atoms with Crippen molar-refractivity contribution in [1.82, 2.24) is 20.1 Å². The molecule has 1 unspecified atom stereocenters. The Morgan fingerprint density at radius 1 is 1.33 bits per heavy atom. The van der Waals surface area contributed by atoms with Crippen LogP contribution in [0.4, 0.5) is 5.95 Å². The number of nitrogens with zero attached hydrogens (tertiary/aromatic N) is 4. The summed E-state index contributed by atoms with van der Waals surface area (Å²) in [5.74, 6) is 2.83. The minimum Gasteiger partial charge on any atom is -0.467 e. The van der Waals surface area contributed by atoms with Crippen molar-refractivity contribution in [2.45, 2.75) is 56.8 Å². The maximum absolute atomic E-state index is 12.3. The van der Waals surface area contributed by atoms with Crippen molar-refractivity contribution in [1.29, 1.82) is 0 Å². The number of nitrogens with one attached hydrogen (secondary N) is 1. The molecule has 1 saturated carbocycles. The Labute approximate surface area is 163 Å². The van der Waals surface area contributed by atoms with Gasteiger partial charge >= 0.3 is 0 Å². The van der Waals surface area contributed by atoms with E-state index in [1.807, 2.05) is 19.1 Å². The molecule has 1 aliphatic heterocycles. The Hall–Kier alpha value is -1.96. The largest absolute Gasteiger partial charge is 0.467 e. The van der Waals surface area contributed by atoms with Crippen LogP contribution in [-0.4, -0.2) is 39.5 Å². The zero-order valence-electron chi connectivity index (χ0n) is 15.9. The van der Waals surface area contributed by atoms with Gasteiger partial charge in [0.1, 0.15) is 5.76 Å². The standard InChI is InChI=1S/C19H27N5O2S/c1-13-7-9-23(10-8-13)18-21-22-19(24(18)15-5-6-15)27-12-17(25)20-14(2)16-4-3-11-26-16/h3-4,11,13-15H,5-10,12H2,1-2H3,(H,20,25). The molecule has 2 aromatic rings. The van der Waals surface area contributed by atoms with Crippen LogP contribution in [0.1, 0.15) is 57.4 Å². The smallest absolute Gasteiger partial charge is 0.231 e. The van der Waals surface area contributed by atoms with Crippen LogP contribution in [0.5, 0.6) is 0 Å². The predicted octanol–water partition coefficient (Wildman–Crippen LogP) is 3.41. The van der Waals surface area contributed by atoms with Crippen LogP contribution in [0.3, 0.4) is 0 Å². The third-order valence-electron chi connectivity index (χ3n) is 5.30. The fourth-order valence-corrected chi connectivity index (χ4v) is 4.28. The molecule has 1 saturated heterocycles. The van der Waals surface area contributed by atoms with E-state index in [0.29, 0.717) is 11.8 Å². The minimum atomic E-state index is -0.139. The normalized spacial score (nSPS) is 19.3. The van der Waals surface area contributed by atoms with Crippen molar-refractivity contribution in [2.75, 3.05) is 23.7 Å². The van der Waals surface area contributed by atoms with Crippen LogP contribution < -0.4 is 10.2 Å². The zero-order chi connectivity index (χ0) is 18.8. The van der Waals surface area contributed by atoms with E-state index in [0.717, 1.165) is 35.9 Å². The number of anilines is 1. The second kappa shape index (κ2) is 7.96. The number of thioether (sulfide) groups is 1. The molecule has 1 atom stereocenters. The molecule has 0 aromatic carbocycles. The van der Waals surface area contributed by atoms with E-state index in [9.17, 15) is 4.79 Å². The van der Waals surface area contributed by atoms with Crippen LogP contribution in [0.2, 0.25) is 0 Å². The molecule has 1 aliphatic carbocycles. The summed E-state index contributed by atoms with van der Waals surface area (Å²) in [4.78, 5) is 14.7. The van der Waals surface area contributed by atoms with E-state index < -0.39 is 0 Å². The zero-order valence-corrected chi connectivity index (χ0v) is 16.7. The summed E-state index contributed by atoms with van der Waals surface area (Å²) < 4.78 is 7.60. The van der Waals surface area contributed by atoms with Crippen LogP contribution >= 0.6 is 11.8 Å². The molecule has 27 heavy (non-hydrogen) atoms. The van der Waals surface area contributed by atoms with Gasteiger partial charge in [0.2, 0.25) is 11.9 Å². The van der Waals surface area contributed by atoms with Crippen molar-refractivity contribution in [2.24, 2.45) is 5.92 Å². The number of furan rings is 1. The van der Waals surface area contributed by atoms with E-state index >= 15 is 0 Å². The van der Waals surface area contributed by atoms with Crippen molar-refractivity contribution in [3.63, 3.8) is 0 Å². The molecule has 0 bridgehead atoms. The van der Waals surface area contributed by atoms with Gasteiger partial charge in [-0.3, -0.25) is 9.36 Å². The molecule has 4 rings (SSSR count). The van der Waals surface area contributed by atoms with Crippen molar-refractivity contribution in [3.05, 3.63) is 24.2 Å². The number of amides is 1. The maximum atomic E-state index is 12.3. The Kier molecular flexibility index (Phi) is 5.43. The first-order valence-electron chi connectivity index (χ1n) is 9.77. The fraction of sp³-hybridized carbons (Fsp3) is 0.632. The summed E-state index contributed by atoms with van der Waals surface area (Å²) in [5, 5.41) is 12.7. The van der Waals surface area contributed by atoms with Crippen LogP contribution in [0.25, 0.3) is 0 Å². The lowest BCUT2D eigenvalue weighted by molar-refractivity contribution is -0.119. The molecule has 7 nitrogen and oxygen atoms in total. The number of carbonyl (C=O) groups excluding carboxylic acids is 1. The Balaban J connectivity index is 1.38. The molecular formula is C19H27N5O2S. The van der Waals surface area contributed by atoms with Crippen molar-refractivity contribution < 1.29 is 9.21 Å². The topological polar surface area (TPSA) is 76.2 Å². The summed E-state index contributed by atoms with van der Waals surface area (Å²) in [5.41, 5.74) is 0. The lowest BCUT2D eigenvalue weighted by Crippen LogP contribution is -2.34. The highest BCUT2D eigenvalue weighted by atomic mass is 32.2. The van der Waals surface area contributed by atoms with Gasteiger partial charge in [0.25, 0.3) is 0 Å². The molecule has 2 fully saturated rings. The minimum absolute atomic E-state index is 0.0254. The summed E-state index contributed by atoms with van der Waals surface area (Å²) >= 11 is 1.47. The predicted molar refractivity (Wildman–Crippen MR) is 105 cm³/mol. The molecular weight excluding hydrogens is 362 g/mol. The molecule has 1 amide bonds. The third kappa shape index (κ3) is 4.31. The average molecular weight is 390 g/mol. The fourth-order valence-electron chi connectivity index (χ4n) is 3.47. The third-order valence-corrected chi connectivity index (χ3v) is 6.25. The number of hydrogen-bond donors (Lipinski definition) is 1. The lowest BCUT2D eigenvalue weighted by Gasteiger charge is -2.31. The summed E-state index contributed by atoms with van der Waals surface area (Å²) in [6.45, 7) is 6.31. The van der Waals surface area contributed by atoms with Gasteiger partial charge in [0, 0.05) is 19.1 Å². The maximum Gasteiger partial charge on any atom is 0.231 e. The highest BCUT2D eigenvalue weighted by molar-refractivity contribution is 7.99. The van der Waals surface area contributed by atoms with Gasteiger partial charge in [-0.15, -0.1) is 10.2 Å². The van der Waals surface area contributed by atoms with Crippen LogP contribution in [0.15, 0.2) is 28.0 Å². The SMILES string of the molecule is CC1CCN(c2nnc(SCC(=O)NC(C)c3ccco3)n2C2CC2)CC1. The average Bonchev–Trinajstić information content (AvgIpc) is 3.18.